The van der Waals surface area contributed by atoms with Crippen molar-refractivity contribution in [3.63, 3.8) is 0 Å². The minimum absolute atomic E-state index is 0.140. The molecule has 0 bridgehead atoms. The zero-order valence-corrected chi connectivity index (χ0v) is 19.0. The predicted octanol–water partition coefficient (Wildman–Crippen LogP) is 3.26. The fraction of sp³-hybridized carbons (Fsp3) is 0.320. The van der Waals surface area contributed by atoms with Crippen LogP contribution in [-0.4, -0.2) is 62.4 Å². The average Bonchev–Trinajstić information content (AvgIpc) is 3.30. The van der Waals surface area contributed by atoms with Gasteiger partial charge >= 0.3 is 0 Å². The lowest BCUT2D eigenvalue weighted by Gasteiger charge is -2.26. The second kappa shape index (κ2) is 9.17. The number of benzene rings is 2. The largest absolute Gasteiger partial charge is 0.507 e. The summed E-state index contributed by atoms with van der Waals surface area (Å²) in [5.74, 6) is 0.779. The molecule has 2 N–H and O–H groups in total. The Kier molecular flexibility index (Phi) is 5.93. The first-order valence-electron chi connectivity index (χ1n) is 11.3. The van der Waals surface area contributed by atoms with Gasteiger partial charge in [-0.2, -0.15) is 0 Å². The summed E-state index contributed by atoms with van der Waals surface area (Å²) < 4.78 is 7.40. The van der Waals surface area contributed by atoms with Gasteiger partial charge in [-0.05, 0) is 42.8 Å². The molecule has 1 aliphatic heterocycles. The molecule has 5 rings (SSSR count). The monoisotopic (exact) mass is 444 g/mol. The molecule has 1 saturated heterocycles. The molecule has 0 amide bonds. The van der Waals surface area contributed by atoms with Crippen LogP contribution in [0, 0.1) is 0 Å². The van der Waals surface area contributed by atoms with Gasteiger partial charge in [0.1, 0.15) is 17.1 Å². The van der Waals surface area contributed by atoms with E-state index in [1.165, 1.54) is 5.56 Å². The van der Waals surface area contributed by atoms with Crippen LogP contribution in [0.1, 0.15) is 23.9 Å². The van der Waals surface area contributed by atoms with Gasteiger partial charge < -0.3 is 19.4 Å². The first-order chi connectivity index (χ1) is 16.1. The van der Waals surface area contributed by atoms with Crippen LogP contribution in [0.3, 0.4) is 0 Å². The number of nitrogens with one attached hydrogen (secondary N) is 1. The van der Waals surface area contributed by atoms with Crippen LogP contribution < -0.4 is 5.49 Å². The highest BCUT2D eigenvalue weighted by molar-refractivity contribution is 5.84. The zero-order valence-electron chi connectivity index (χ0n) is 19.0. The highest BCUT2D eigenvalue weighted by atomic mass is 16.5. The van der Waals surface area contributed by atoms with Crippen molar-refractivity contribution in [2.75, 3.05) is 32.8 Å². The highest BCUT2D eigenvalue weighted by Gasteiger charge is 2.13. The number of rotatable bonds is 5. The van der Waals surface area contributed by atoms with E-state index >= 15 is 0 Å². The number of nitrogens with zero attached hydrogens (tertiary/aromatic N) is 5. The third-order valence-corrected chi connectivity index (χ3v) is 6.00. The Hall–Kier alpha value is -3.49. The van der Waals surface area contributed by atoms with Crippen LogP contribution in [0.2, 0.25) is 0 Å². The molecular weight excluding hydrogens is 416 g/mol. The van der Waals surface area contributed by atoms with Gasteiger partial charge in [0.25, 0.3) is 0 Å². The van der Waals surface area contributed by atoms with Gasteiger partial charge in [-0.1, -0.05) is 6.07 Å². The molecular formula is C25H28N6O2. The van der Waals surface area contributed by atoms with E-state index in [1.807, 2.05) is 36.7 Å². The summed E-state index contributed by atoms with van der Waals surface area (Å²) in [6.45, 7) is 6.98. The summed E-state index contributed by atoms with van der Waals surface area (Å²) >= 11 is 0. The molecule has 1 fully saturated rings. The molecule has 8 nitrogen and oxygen atoms in total. The van der Waals surface area contributed by atoms with Gasteiger partial charge in [0.2, 0.25) is 0 Å². The number of H-pyrrole nitrogens is 1. The smallest absolute Gasteiger partial charge is 0.138 e. The molecule has 170 valence electrons. The number of aliphatic hydroxyl groups excluding tert-OH is 1. The Morgan fingerprint density at radius 3 is 2.85 bits per heavy atom. The molecule has 0 aliphatic carbocycles. The number of hydrogen-bond acceptors (Lipinski definition) is 6. The van der Waals surface area contributed by atoms with Crippen LogP contribution in [0.5, 0.6) is 0 Å². The maximum Gasteiger partial charge on any atom is 0.138 e. The Morgan fingerprint density at radius 1 is 1.18 bits per heavy atom. The lowest BCUT2D eigenvalue weighted by atomic mass is 10.1. The Morgan fingerprint density at radius 2 is 2.03 bits per heavy atom. The van der Waals surface area contributed by atoms with Crippen LogP contribution in [0.4, 0.5) is 0 Å². The van der Waals surface area contributed by atoms with Crippen LogP contribution in [-0.2, 0) is 18.3 Å². The second-order valence-corrected chi connectivity index (χ2v) is 8.23. The molecule has 2 aromatic carbocycles. The van der Waals surface area contributed by atoms with E-state index in [4.69, 9.17) is 14.7 Å². The van der Waals surface area contributed by atoms with Crippen LogP contribution in [0.15, 0.2) is 47.7 Å². The van der Waals surface area contributed by atoms with E-state index in [1.54, 1.807) is 12.4 Å². The number of fused-ring (bicyclic) bond motifs is 2. The van der Waals surface area contributed by atoms with Gasteiger partial charge in [0.15, 0.2) is 0 Å². The van der Waals surface area contributed by atoms with E-state index in [9.17, 15) is 5.11 Å². The van der Waals surface area contributed by atoms with Crippen molar-refractivity contribution in [2.24, 2.45) is 12.0 Å². The molecule has 0 unspecified atom stereocenters. The van der Waals surface area contributed by atoms with E-state index < -0.39 is 0 Å². The Labute approximate surface area is 191 Å². The number of morpholine rings is 1. The van der Waals surface area contributed by atoms with Gasteiger partial charge in [-0.3, -0.25) is 9.89 Å². The van der Waals surface area contributed by atoms with Gasteiger partial charge in [0, 0.05) is 50.3 Å². The fourth-order valence-corrected chi connectivity index (χ4v) is 4.23. The normalized spacial score (nSPS) is 16.2. The van der Waals surface area contributed by atoms with Crippen LogP contribution in [0.25, 0.3) is 33.8 Å². The third kappa shape index (κ3) is 4.40. The number of aliphatic hydroxyl groups is 1. The molecule has 0 spiro atoms. The van der Waals surface area contributed by atoms with Gasteiger partial charge in [-0.25, -0.2) is 9.97 Å². The molecule has 4 aromatic rings. The number of aromatic nitrogens is 4. The Bertz CT molecular complexity index is 1400. The summed E-state index contributed by atoms with van der Waals surface area (Å²) in [4.78, 5) is 19.3. The van der Waals surface area contributed by atoms with Crippen molar-refractivity contribution in [1.29, 1.82) is 0 Å². The molecule has 0 saturated carbocycles. The van der Waals surface area contributed by atoms with Crippen molar-refractivity contribution in [3.05, 3.63) is 65.2 Å². The maximum absolute atomic E-state index is 10.9. The van der Waals surface area contributed by atoms with Crippen molar-refractivity contribution in [1.82, 2.24) is 24.4 Å². The summed E-state index contributed by atoms with van der Waals surface area (Å²) in [5, 5.41) is 11.9. The van der Waals surface area contributed by atoms with Gasteiger partial charge in [-0.15, -0.1) is 0 Å². The van der Waals surface area contributed by atoms with Crippen molar-refractivity contribution in [2.45, 2.75) is 13.5 Å². The van der Waals surface area contributed by atoms with Crippen molar-refractivity contribution >= 4 is 33.8 Å². The first kappa shape index (κ1) is 21.4. The first-order valence-corrected chi connectivity index (χ1v) is 11.3. The second-order valence-electron chi connectivity index (χ2n) is 8.23. The molecule has 0 radical (unpaired) electrons. The number of hydrogen-bond donors (Lipinski definition) is 2. The summed E-state index contributed by atoms with van der Waals surface area (Å²) in [5.41, 5.74) is 5.36. The van der Waals surface area contributed by atoms with Crippen molar-refractivity contribution < 1.29 is 9.84 Å². The number of ether oxygens (including phenoxy) is 1. The zero-order chi connectivity index (χ0) is 22.8. The maximum atomic E-state index is 10.9. The summed E-state index contributed by atoms with van der Waals surface area (Å²) in [6, 6.07) is 12.0. The molecule has 8 heteroatoms. The van der Waals surface area contributed by atoms with E-state index in [-0.39, 0.29) is 5.76 Å². The lowest BCUT2D eigenvalue weighted by Crippen LogP contribution is -2.35. The molecule has 1 aliphatic rings. The quantitative estimate of drug-likeness (QED) is 0.461. The number of aromatic amines is 1. The minimum Gasteiger partial charge on any atom is -0.507 e. The van der Waals surface area contributed by atoms with E-state index in [2.05, 4.69) is 33.1 Å². The van der Waals surface area contributed by atoms with E-state index in [0.29, 0.717) is 17.9 Å². The lowest BCUT2D eigenvalue weighted by molar-refractivity contribution is 0.0342. The minimum atomic E-state index is 0.140. The number of imidazole rings is 1. The SMILES string of the molecule is CCN=c1c2ccc(CN3CCOCC3)cc2nc(/C=C(\O)c2ccc3nc[nH]c3c2)n1C. The third-order valence-electron chi connectivity index (χ3n) is 6.00. The summed E-state index contributed by atoms with van der Waals surface area (Å²) in [7, 11) is 1.93. The standard InChI is InChI=1S/C25H28N6O2/c1-3-26-25-19-6-4-17(15-31-8-10-33-11-9-31)12-21(19)29-24(30(25)2)14-23(32)18-5-7-20-22(13-18)28-16-27-20/h4-7,12-14,16,32H,3,8-11,15H2,1-2H3,(H,27,28)/b23-14-,26-25?. The summed E-state index contributed by atoms with van der Waals surface area (Å²) in [6.07, 6.45) is 3.34. The highest BCUT2D eigenvalue weighted by Crippen LogP contribution is 2.20. The Balaban J connectivity index is 1.57. The molecule has 3 heterocycles. The topological polar surface area (TPSA) is 91.6 Å². The molecule has 2 aromatic heterocycles. The van der Waals surface area contributed by atoms with E-state index in [0.717, 1.165) is 60.3 Å². The predicted molar refractivity (Wildman–Crippen MR) is 130 cm³/mol. The van der Waals surface area contributed by atoms with Crippen molar-refractivity contribution in [3.8, 4) is 0 Å². The van der Waals surface area contributed by atoms with Crippen LogP contribution >= 0.6 is 0 Å². The van der Waals surface area contributed by atoms with Gasteiger partial charge in [0.05, 0.1) is 36.1 Å². The fourth-order valence-electron chi connectivity index (χ4n) is 4.23. The molecule has 0 atom stereocenters. The average molecular weight is 445 g/mol. The molecule has 33 heavy (non-hydrogen) atoms.